The minimum absolute atomic E-state index is 0.300. The molecule has 0 aromatic heterocycles. The molecule has 0 aliphatic carbocycles. The Bertz CT molecular complexity index is 563. The fourth-order valence-corrected chi connectivity index (χ4v) is 2.31. The van der Waals surface area contributed by atoms with Gasteiger partial charge in [-0.15, -0.1) is 0 Å². The van der Waals surface area contributed by atoms with Crippen LogP contribution in [0.3, 0.4) is 0 Å². The van der Waals surface area contributed by atoms with Gasteiger partial charge in [0.05, 0.1) is 6.61 Å². The summed E-state index contributed by atoms with van der Waals surface area (Å²) in [6.45, 7) is 9.10. The lowest BCUT2D eigenvalue weighted by Crippen LogP contribution is -2.18. The van der Waals surface area contributed by atoms with Crippen LogP contribution in [0, 0.1) is 6.92 Å². The first-order chi connectivity index (χ1) is 11.2. The van der Waals surface area contributed by atoms with E-state index in [-0.39, 0.29) is 0 Å². The lowest BCUT2D eigenvalue weighted by atomic mass is 10.1. The van der Waals surface area contributed by atoms with Gasteiger partial charge in [-0.2, -0.15) is 0 Å². The summed E-state index contributed by atoms with van der Waals surface area (Å²) >= 11 is 0. The Morgan fingerprint density at radius 1 is 0.957 bits per heavy atom. The highest BCUT2D eigenvalue weighted by Gasteiger charge is 2.05. The Hall–Kier alpha value is -1.84. The van der Waals surface area contributed by atoms with E-state index in [0.29, 0.717) is 19.3 Å². The number of ether oxygens (including phenoxy) is 2. The molecular weight excluding hydrogens is 286 g/mol. The van der Waals surface area contributed by atoms with Crippen molar-refractivity contribution < 1.29 is 9.47 Å². The summed E-state index contributed by atoms with van der Waals surface area (Å²) in [4.78, 5) is 0. The maximum absolute atomic E-state index is 5.64. The second-order valence-corrected chi connectivity index (χ2v) is 5.70. The fraction of sp³-hybridized carbons (Fsp3) is 0.400. The van der Waals surface area contributed by atoms with E-state index in [0.717, 1.165) is 18.9 Å². The Kier molecular flexibility index (Phi) is 7.11. The van der Waals surface area contributed by atoms with Gasteiger partial charge in [0.1, 0.15) is 12.4 Å². The van der Waals surface area contributed by atoms with E-state index in [1.54, 1.807) is 0 Å². The molecule has 1 atom stereocenters. The minimum Gasteiger partial charge on any atom is -0.491 e. The number of rotatable bonds is 9. The first kappa shape index (κ1) is 17.5. The molecule has 2 aromatic carbocycles. The second-order valence-electron chi connectivity index (χ2n) is 5.70. The molecule has 0 radical (unpaired) electrons. The van der Waals surface area contributed by atoms with Gasteiger partial charge >= 0.3 is 0 Å². The van der Waals surface area contributed by atoms with Gasteiger partial charge in [-0.3, -0.25) is 0 Å². The zero-order valence-corrected chi connectivity index (χ0v) is 14.3. The van der Waals surface area contributed by atoms with Crippen LogP contribution >= 0.6 is 0 Å². The molecule has 0 saturated carbocycles. The third-order valence-electron chi connectivity index (χ3n) is 3.81. The molecule has 23 heavy (non-hydrogen) atoms. The van der Waals surface area contributed by atoms with Crippen molar-refractivity contribution in [1.29, 1.82) is 0 Å². The molecule has 0 aliphatic rings. The van der Waals surface area contributed by atoms with Crippen molar-refractivity contribution in [1.82, 2.24) is 5.32 Å². The van der Waals surface area contributed by atoms with E-state index in [1.807, 2.05) is 19.1 Å². The molecule has 2 rings (SSSR count). The Morgan fingerprint density at radius 2 is 1.65 bits per heavy atom. The van der Waals surface area contributed by atoms with E-state index in [1.165, 1.54) is 16.7 Å². The number of aryl methyl sites for hydroxylation is 1. The fourth-order valence-electron chi connectivity index (χ4n) is 2.31. The van der Waals surface area contributed by atoms with Crippen LogP contribution in [0.15, 0.2) is 48.5 Å². The van der Waals surface area contributed by atoms with Crippen LogP contribution in [0.25, 0.3) is 0 Å². The molecule has 124 valence electrons. The zero-order valence-electron chi connectivity index (χ0n) is 14.3. The van der Waals surface area contributed by atoms with Crippen molar-refractivity contribution in [3.63, 3.8) is 0 Å². The normalized spacial score (nSPS) is 12.1. The first-order valence-corrected chi connectivity index (χ1v) is 8.28. The van der Waals surface area contributed by atoms with Gasteiger partial charge in [0, 0.05) is 19.2 Å². The van der Waals surface area contributed by atoms with E-state index in [2.05, 4.69) is 55.6 Å². The molecule has 0 aliphatic heterocycles. The molecule has 0 heterocycles. The smallest absolute Gasteiger partial charge is 0.119 e. The van der Waals surface area contributed by atoms with E-state index in [4.69, 9.17) is 9.47 Å². The molecule has 0 fully saturated rings. The third kappa shape index (κ3) is 6.05. The van der Waals surface area contributed by atoms with E-state index >= 15 is 0 Å². The monoisotopic (exact) mass is 313 g/mol. The van der Waals surface area contributed by atoms with Crippen LogP contribution in [0.4, 0.5) is 0 Å². The van der Waals surface area contributed by atoms with Crippen molar-refractivity contribution in [3.8, 4) is 5.75 Å². The highest BCUT2D eigenvalue weighted by molar-refractivity contribution is 5.29. The quantitative estimate of drug-likeness (QED) is 0.702. The maximum atomic E-state index is 5.64. The Morgan fingerprint density at radius 3 is 2.30 bits per heavy atom. The van der Waals surface area contributed by atoms with Crippen LogP contribution in [0.2, 0.25) is 0 Å². The highest BCUT2D eigenvalue weighted by atomic mass is 16.5. The molecule has 0 spiro atoms. The summed E-state index contributed by atoms with van der Waals surface area (Å²) in [5.41, 5.74) is 3.86. The SMILES string of the molecule is CCOCCOc1ccc(C(C)NCc2ccc(C)cc2)cc1. The summed E-state index contributed by atoms with van der Waals surface area (Å²) in [6.07, 6.45) is 0. The number of benzene rings is 2. The predicted octanol–water partition coefficient (Wildman–Crippen LogP) is 4.26. The average molecular weight is 313 g/mol. The van der Waals surface area contributed by atoms with Gasteiger partial charge < -0.3 is 14.8 Å². The topological polar surface area (TPSA) is 30.5 Å². The molecular formula is C20H27NO2. The molecule has 3 heteroatoms. The van der Waals surface area contributed by atoms with Crippen molar-refractivity contribution in [2.24, 2.45) is 0 Å². The minimum atomic E-state index is 0.300. The Labute approximate surface area is 139 Å². The molecule has 1 unspecified atom stereocenters. The van der Waals surface area contributed by atoms with E-state index < -0.39 is 0 Å². The Balaban J connectivity index is 1.80. The summed E-state index contributed by atoms with van der Waals surface area (Å²) < 4.78 is 10.9. The number of hydrogen-bond acceptors (Lipinski definition) is 3. The molecule has 1 N–H and O–H groups in total. The van der Waals surface area contributed by atoms with Crippen molar-refractivity contribution >= 4 is 0 Å². The van der Waals surface area contributed by atoms with Crippen LogP contribution < -0.4 is 10.1 Å². The molecule has 2 aromatic rings. The van der Waals surface area contributed by atoms with Crippen LogP contribution in [-0.2, 0) is 11.3 Å². The standard InChI is InChI=1S/C20H27NO2/c1-4-22-13-14-23-20-11-9-19(10-12-20)17(3)21-15-18-7-5-16(2)6-8-18/h5-12,17,21H,4,13-15H2,1-3H3. The van der Waals surface area contributed by atoms with Crippen molar-refractivity contribution in [2.45, 2.75) is 33.4 Å². The summed E-state index contributed by atoms with van der Waals surface area (Å²) in [5.74, 6) is 0.888. The van der Waals surface area contributed by atoms with Gasteiger partial charge in [0.25, 0.3) is 0 Å². The van der Waals surface area contributed by atoms with Crippen molar-refractivity contribution in [3.05, 3.63) is 65.2 Å². The molecule has 0 amide bonds. The van der Waals surface area contributed by atoms with Gasteiger partial charge in [0.2, 0.25) is 0 Å². The van der Waals surface area contributed by atoms with Gasteiger partial charge in [-0.25, -0.2) is 0 Å². The van der Waals surface area contributed by atoms with Crippen LogP contribution in [0.5, 0.6) is 5.75 Å². The second kappa shape index (κ2) is 9.33. The largest absolute Gasteiger partial charge is 0.491 e. The lowest BCUT2D eigenvalue weighted by Gasteiger charge is -2.15. The van der Waals surface area contributed by atoms with Gasteiger partial charge in [0.15, 0.2) is 0 Å². The molecule has 3 nitrogen and oxygen atoms in total. The predicted molar refractivity (Wildman–Crippen MR) is 94.9 cm³/mol. The number of nitrogens with one attached hydrogen (secondary N) is 1. The number of hydrogen-bond donors (Lipinski definition) is 1. The molecule has 0 saturated heterocycles. The maximum Gasteiger partial charge on any atom is 0.119 e. The van der Waals surface area contributed by atoms with Crippen LogP contribution in [0.1, 0.15) is 36.6 Å². The first-order valence-electron chi connectivity index (χ1n) is 8.28. The zero-order chi connectivity index (χ0) is 16.5. The molecule has 0 bridgehead atoms. The van der Waals surface area contributed by atoms with Crippen molar-refractivity contribution in [2.75, 3.05) is 19.8 Å². The summed E-state index contributed by atoms with van der Waals surface area (Å²) in [7, 11) is 0. The lowest BCUT2D eigenvalue weighted by molar-refractivity contribution is 0.110. The third-order valence-corrected chi connectivity index (χ3v) is 3.81. The van der Waals surface area contributed by atoms with E-state index in [9.17, 15) is 0 Å². The highest BCUT2D eigenvalue weighted by Crippen LogP contribution is 2.18. The summed E-state index contributed by atoms with van der Waals surface area (Å²) in [5, 5.41) is 3.55. The summed E-state index contributed by atoms with van der Waals surface area (Å²) in [6, 6.07) is 17.2. The van der Waals surface area contributed by atoms with Crippen LogP contribution in [-0.4, -0.2) is 19.8 Å². The van der Waals surface area contributed by atoms with Gasteiger partial charge in [-0.05, 0) is 44.0 Å². The van der Waals surface area contributed by atoms with Gasteiger partial charge in [-0.1, -0.05) is 42.0 Å². The average Bonchev–Trinajstić information content (AvgIpc) is 2.58.